The first-order valence-electron chi connectivity index (χ1n) is 34.8. The first-order chi connectivity index (χ1) is 52.9. The Bertz CT molecular complexity index is 4720. The van der Waals surface area contributed by atoms with Crippen LogP contribution in [0.3, 0.4) is 0 Å². The van der Waals surface area contributed by atoms with E-state index in [1.807, 2.05) is 56.3 Å². The number of aliphatic carboxylic acids is 1. The van der Waals surface area contributed by atoms with Crippen LogP contribution < -0.4 is 62.5 Å². The quantitative estimate of drug-likeness (QED) is 0.0518. The van der Waals surface area contributed by atoms with E-state index in [0.29, 0.717) is 5.56 Å². The van der Waals surface area contributed by atoms with Crippen molar-refractivity contribution in [1.82, 2.24) is 47.6 Å². The zero-order valence-corrected chi connectivity index (χ0v) is 61.1. The lowest BCUT2D eigenvalue weighted by molar-refractivity contribution is -0.305. The summed E-state index contributed by atoms with van der Waals surface area (Å²) in [6, 6.07) is 15.1. The highest BCUT2D eigenvalue weighted by molar-refractivity contribution is 6.32. The second-order valence-electron chi connectivity index (χ2n) is 27.1. The van der Waals surface area contributed by atoms with Crippen molar-refractivity contribution in [3.63, 3.8) is 0 Å². The molecule has 11 bridgehead atoms. The first kappa shape index (κ1) is 80.8. The van der Waals surface area contributed by atoms with Crippen LogP contribution in [-0.4, -0.2) is 193 Å². The third-order valence-corrected chi connectivity index (χ3v) is 19.6. The number of phenolic OH excluding ortho intramolecular Hbond substituents is 3. The van der Waals surface area contributed by atoms with Crippen molar-refractivity contribution in [2.75, 3.05) is 33.9 Å². The predicted octanol–water partition coefficient (Wildman–Crippen LogP) is 2.77. The zero-order chi connectivity index (χ0) is 80.0. The molecule has 0 radical (unpaired) electrons. The van der Waals surface area contributed by atoms with Crippen LogP contribution >= 0.6 is 23.2 Å². The maximum absolute atomic E-state index is 16.0. The summed E-state index contributed by atoms with van der Waals surface area (Å²) in [6.07, 6.45) is -11.9. The molecule has 0 unspecified atom stereocenters. The fraction of sp³-hybridized carbons (Fsp3) is 0.329. The normalized spacial score (nSPS) is 23.6. The number of aliphatic hydroxyl groups excluding tert-OH is 5. The van der Waals surface area contributed by atoms with E-state index < -0.39 is 221 Å². The number of halogens is 2. The van der Waals surface area contributed by atoms with E-state index in [9.17, 15) is 74.7 Å². The number of rotatable bonds is 19. The minimum atomic E-state index is -2.29. The van der Waals surface area contributed by atoms with Gasteiger partial charge in [-0.15, -0.1) is 0 Å². The molecule has 13 rings (SSSR count). The molecule has 1 fully saturated rings. The molecular formula is C76H80Cl2N10O23. The molecule has 19 N–H and O–H groups in total. The standard InChI is InChI=1S/C76H80Cl2N10O23/c1-33(2)22-46(80-3)69(99)86-61-64(95)38-15-18-50(44(77)25-38)109-52-27-40-28-53(68(52)108-21-20-88(107-4)75-63(67(98)66(97)54(32-89)111-75)82-56(94)23-34-10-12-36(13-11-34)35-8-6-5-7-9-35)110-51-19-16-39(26-45(51)78)65(96)62-74(104)85-60(76(105)106)43-29-41(90)30-49(92)57(43)42-24-37(14-17-48(42)91)58(71(101)87-62)84-72(102)59(40)83-70(100)47(31-55(79)93)81-73(61)103/h5-19,24-30,33,46-47,54,58-67,75,80,89-92,95-98H,20-23,31-32H2,1-4H3,(H2,79,93)(H,81,103)(H,82,94)(H,83,100)(H,84,102)(H,85,104)(H,86,99)(H,87,101)(H,105,106)/t46-,47+,54-,58-,59-,60-,61-,62+,63-,64-,65-,66-,67-,75-/m1/s1. The Labute approximate surface area is 642 Å². The fourth-order valence-electron chi connectivity index (χ4n) is 13.4. The number of ether oxygens (including phenoxy) is 4. The summed E-state index contributed by atoms with van der Waals surface area (Å²) in [5.41, 5.74) is 5.49. The molecule has 7 aromatic rings. The molecule has 586 valence electrons. The number of nitrogens with two attached hydrogens (primary N) is 1. The average Bonchev–Trinajstić information content (AvgIpc) is 0.765. The van der Waals surface area contributed by atoms with Crippen LogP contribution in [0, 0.1) is 5.92 Å². The van der Waals surface area contributed by atoms with Crippen LogP contribution in [0.5, 0.6) is 46.0 Å². The minimum absolute atomic E-state index is 0.0916. The summed E-state index contributed by atoms with van der Waals surface area (Å²) in [5.74, 6) is -15.8. The van der Waals surface area contributed by atoms with Gasteiger partial charge in [-0.2, -0.15) is 5.06 Å². The maximum Gasteiger partial charge on any atom is 0.330 e. The van der Waals surface area contributed by atoms with Crippen molar-refractivity contribution in [3.05, 3.63) is 177 Å². The molecule has 33 nitrogen and oxygen atoms in total. The van der Waals surface area contributed by atoms with E-state index in [0.717, 1.165) is 64.7 Å². The number of carbonyl (C=O) groups excluding carboxylic acids is 8. The van der Waals surface area contributed by atoms with Crippen molar-refractivity contribution in [2.45, 2.75) is 118 Å². The van der Waals surface area contributed by atoms with Gasteiger partial charge in [0.15, 0.2) is 23.8 Å². The molecule has 0 aliphatic carbocycles. The van der Waals surface area contributed by atoms with E-state index in [1.165, 1.54) is 44.5 Å². The van der Waals surface area contributed by atoms with E-state index in [1.54, 1.807) is 12.1 Å². The molecule has 6 aliphatic rings. The van der Waals surface area contributed by atoms with E-state index >= 15 is 14.4 Å². The number of aliphatic hydroxyl groups is 5. The molecule has 0 saturated carbocycles. The van der Waals surface area contributed by atoms with Gasteiger partial charge in [0.2, 0.25) is 53.0 Å². The van der Waals surface area contributed by atoms with Gasteiger partial charge in [-0.25, -0.2) is 4.79 Å². The molecule has 111 heavy (non-hydrogen) atoms. The van der Waals surface area contributed by atoms with Crippen molar-refractivity contribution >= 4 is 76.4 Å². The topological polar surface area (TPSA) is 507 Å². The van der Waals surface area contributed by atoms with E-state index in [-0.39, 0.29) is 57.0 Å². The lowest BCUT2D eigenvalue weighted by Gasteiger charge is -2.45. The Morgan fingerprint density at radius 1 is 0.649 bits per heavy atom. The molecule has 0 spiro atoms. The molecule has 1 saturated heterocycles. The van der Waals surface area contributed by atoms with Crippen LogP contribution in [0.15, 0.2) is 133 Å². The molecular weight excluding hydrogens is 1490 g/mol. The van der Waals surface area contributed by atoms with Crippen LogP contribution in [0.1, 0.15) is 90.4 Å². The highest BCUT2D eigenvalue weighted by Gasteiger charge is 2.49. The van der Waals surface area contributed by atoms with Gasteiger partial charge in [0.25, 0.3) is 0 Å². The number of benzene rings is 7. The Hall–Kier alpha value is -11.2. The zero-order valence-electron chi connectivity index (χ0n) is 59.6. The van der Waals surface area contributed by atoms with Gasteiger partial charge in [0.1, 0.15) is 96.1 Å². The Morgan fingerprint density at radius 2 is 1.26 bits per heavy atom. The second kappa shape index (κ2) is 34.8. The van der Waals surface area contributed by atoms with E-state index in [4.69, 9.17) is 52.7 Å². The fourth-order valence-corrected chi connectivity index (χ4v) is 13.9. The smallest absolute Gasteiger partial charge is 0.330 e. The highest BCUT2D eigenvalue weighted by atomic mass is 35.5. The molecule has 6 aliphatic heterocycles. The minimum Gasteiger partial charge on any atom is -0.508 e. The summed E-state index contributed by atoms with van der Waals surface area (Å²) in [4.78, 5) is 137. The number of carboxylic acid groups (broad SMARTS) is 1. The van der Waals surface area contributed by atoms with Crippen LogP contribution in [0.2, 0.25) is 10.0 Å². The molecule has 0 aromatic heterocycles. The average molecular weight is 1570 g/mol. The third-order valence-electron chi connectivity index (χ3n) is 19.0. The number of primary amides is 1. The largest absolute Gasteiger partial charge is 0.508 e. The number of phenols is 3. The van der Waals surface area contributed by atoms with Crippen molar-refractivity contribution in [1.29, 1.82) is 0 Å². The number of hydroxylamine groups is 2. The molecule has 7 aromatic carbocycles. The predicted molar refractivity (Wildman–Crippen MR) is 393 cm³/mol. The van der Waals surface area contributed by atoms with Gasteiger partial charge in [-0.1, -0.05) is 110 Å². The van der Waals surface area contributed by atoms with Crippen LogP contribution in [-0.2, 0) is 59.1 Å². The Balaban J connectivity index is 1.07. The molecule has 35 heteroatoms. The summed E-state index contributed by atoms with van der Waals surface area (Å²) < 4.78 is 26.1. The van der Waals surface area contributed by atoms with Gasteiger partial charge in [0.05, 0.1) is 55.2 Å². The number of carboxylic acids is 1. The van der Waals surface area contributed by atoms with Crippen LogP contribution in [0.4, 0.5) is 0 Å². The monoisotopic (exact) mass is 1570 g/mol. The summed E-state index contributed by atoms with van der Waals surface area (Å²) in [6.45, 7) is 1.80. The third kappa shape index (κ3) is 18.2. The lowest BCUT2D eigenvalue weighted by atomic mass is 9.89. The number of hydrogen-bond donors (Lipinski definition) is 18. The summed E-state index contributed by atoms with van der Waals surface area (Å²) in [5, 5.41) is 123. The highest BCUT2D eigenvalue weighted by Crippen LogP contribution is 2.49. The van der Waals surface area contributed by atoms with Gasteiger partial charge in [-0.3, -0.25) is 43.2 Å². The number of hydrogen-bond acceptors (Lipinski definition) is 24. The number of amides is 8. The number of nitrogens with zero attached hydrogens (tertiary/aromatic N) is 1. The van der Waals surface area contributed by atoms with E-state index in [2.05, 4.69) is 42.5 Å². The molecule has 14 atom stereocenters. The van der Waals surface area contributed by atoms with Crippen molar-refractivity contribution in [3.8, 4) is 68.2 Å². The Morgan fingerprint density at radius 3 is 1.86 bits per heavy atom. The number of fused-ring (bicyclic) bond motifs is 15. The summed E-state index contributed by atoms with van der Waals surface area (Å²) >= 11 is 14.2. The second-order valence-corrected chi connectivity index (χ2v) is 27.9. The van der Waals surface area contributed by atoms with Gasteiger partial charge in [-0.05, 0) is 113 Å². The number of carbonyl (C=O) groups is 9. The number of nitrogens with one attached hydrogen (secondary N) is 8. The van der Waals surface area contributed by atoms with Gasteiger partial charge < -0.3 is 113 Å². The van der Waals surface area contributed by atoms with Crippen molar-refractivity contribution in [2.24, 2.45) is 11.7 Å². The number of likely N-dealkylation sites (N-methyl/N-ethyl adjacent to an activating group) is 1. The molecule has 8 amide bonds. The van der Waals surface area contributed by atoms with Gasteiger partial charge in [0, 0.05) is 22.8 Å². The maximum atomic E-state index is 16.0. The Kier molecular flexibility index (Phi) is 25.3. The van der Waals surface area contributed by atoms with Crippen molar-refractivity contribution < 1.29 is 113 Å². The summed E-state index contributed by atoms with van der Waals surface area (Å²) in [7, 11) is 2.68. The number of aromatic hydroxyl groups is 3. The van der Waals surface area contributed by atoms with Gasteiger partial charge >= 0.3 is 5.97 Å². The lowest BCUT2D eigenvalue weighted by Crippen LogP contribution is -2.68. The molecule has 6 heterocycles. The first-order valence-corrected chi connectivity index (χ1v) is 35.6. The van der Waals surface area contributed by atoms with Crippen LogP contribution in [0.25, 0.3) is 22.3 Å². The SMILES string of the molecule is CN[C@H](CC(C)C)C(=O)N[C@H]1C(=O)N[C@@H](CC(N)=O)C(=O)N[C@H]2C(=O)N[C@H]3C(=O)N[C@H](C(=O)N[C@@H](C(=O)O)c4cc(O)cc(O)c4-c4cc3ccc4O)[C@H](O)c3ccc(c(Cl)c3)Oc3cc2cc(c3OCCN(OC)[C@@H]2O[C@H](CO)[C@@H](O)[C@H](O)[C@H]2NC(=O)Cc2ccc(-c3ccccc3)cc2)Oc2ccc(cc2Cl)[C@H]1O.